The van der Waals surface area contributed by atoms with Crippen molar-refractivity contribution in [1.82, 2.24) is 30.2 Å². The predicted octanol–water partition coefficient (Wildman–Crippen LogP) is 2.81. The second-order valence-electron chi connectivity index (χ2n) is 8.61. The van der Waals surface area contributed by atoms with Crippen molar-refractivity contribution in [3.05, 3.63) is 83.6 Å². The lowest BCUT2D eigenvalue weighted by Crippen LogP contribution is -2.32. The lowest BCUT2D eigenvalue weighted by molar-refractivity contribution is 0.0946. The van der Waals surface area contributed by atoms with Gasteiger partial charge in [-0.1, -0.05) is 18.2 Å². The molecule has 0 spiro atoms. The van der Waals surface area contributed by atoms with Gasteiger partial charge in [-0.05, 0) is 43.3 Å². The number of fused-ring (bicyclic) bond motifs is 1. The number of pyridine rings is 2. The van der Waals surface area contributed by atoms with Gasteiger partial charge < -0.3 is 20.9 Å². The van der Waals surface area contributed by atoms with Gasteiger partial charge in [0.1, 0.15) is 5.82 Å². The quantitative estimate of drug-likeness (QED) is 0.384. The Morgan fingerprint density at radius 3 is 2.57 bits per heavy atom. The number of anilines is 2. The number of benzene rings is 1. The van der Waals surface area contributed by atoms with Crippen LogP contribution >= 0.6 is 0 Å². The number of nitrogen functional groups attached to an aromatic ring is 1. The summed E-state index contributed by atoms with van der Waals surface area (Å²) < 4.78 is 0. The molecule has 4 rings (SSSR count). The third-order valence-electron chi connectivity index (χ3n) is 5.87. The van der Waals surface area contributed by atoms with Gasteiger partial charge >= 0.3 is 0 Å². The maximum atomic E-state index is 12.7. The van der Waals surface area contributed by atoms with Crippen molar-refractivity contribution in [3.8, 4) is 0 Å². The smallest absolute Gasteiger partial charge is 0.273 e. The number of aryl methyl sites for hydroxylation is 1. The summed E-state index contributed by atoms with van der Waals surface area (Å²) in [5.74, 6) is 0.564. The summed E-state index contributed by atoms with van der Waals surface area (Å²) in [6, 6.07) is 12.2. The number of hydrogen-bond acceptors (Lipinski definition) is 8. The molecule has 1 amide bonds. The number of nitrogens with two attached hydrogens (primary N) is 1. The predicted molar refractivity (Wildman–Crippen MR) is 138 cm³/mol. The Bertz CT molecular complexity index is 1310. The molecule has 35 heavy (non-hydrogen) atoms. The van der Waals surface area contributed by atoms with Crippen LogP contribution in [0.5, 0.6) is 0 Å². The summed E-state index contributed by atoms with van der Waals surface area (Å²) in [5, 5.41) is 3.95. The highest BCUT2D eigenvalue weighted by Gasteiger charge is 2.16. The Kier molecular flexibility index (Phi) is 7.47. The molecule has 3 N–H and O–H groups in total. The minimum absolute atomic E-state index is 0.104. The molecule has 0 bridgehead atoms. The molecule has 0 radical (unpaired) electrons. The SMILES string of the molecule is Cc1cccc2cc(CNC(=O)c3nccnc3N)c(N(C)CCN(C)Cc3ccncc3)nc12. The van der Waals surface area contributed by atoms with Gasteiger partial charge in [0.2, 0.25) is 0 Å². The third-order valence-corrected chi connectivity index (χ3v) is 5.87. The Balaban J connectivity index is 1.53. The second kappa shape index (κ2) is 10.9. The van der Waals surface area contributed by atoms with E-state index in [-0.39, 0.29) is 24.0 Å². The number of hydrogen-bond donors (Lipinski definition) is 2. The van der Waals surface area contributed by atoms with Crippen molar-refractivity contribution >= 4 is 28.4 Å². The highest BCUT2D eigenvalue weighted by atomic mass is 16.1. The van der Waals surface area contributed by atoms with Gasteiger partial charge in [0.05, 0.1) is 5.52 Å². The van der Waals surface area contributed by atoms with Gasteiger partial charge in [-0.25, -0.2) is 15.0 Å². The zero-order chi connectivity index (χ0) is 24.8. The monoisotopic (exact) mass is 470 g/mol. The number of nitrogens with zero attached hydrogens (tertiary/aromatic N) is 6. The fourth-order valence-electron chi connectivity index (χ4n) is 3.93. The van der Waals surface area contributed by atoms with Crippen LogP contribution < -0.4 is 16.0 Å². The number of amides is 1. The average Bonchev–Trinajstić information content (AvgIpc) is 2.86. The molecule has 0 unspecified atom stereocenters. The zero-order valence-electron chi connectivity index (χ0n) is 20.3. The van der Waals surface area contributed by atoms with Crippen LogP contribution in [0.3, 0.4) is 0 Å². The Morgan fingerprint density at radius 1 is 1.03 bits per heavy atom. The molecule has 3 aromatic heterocycles. The van der Waals surface area contributed by atoms with Crippen LogP contribution in [0.15, 0.2) is 61.2 Å². The molecule has 0 saturated heterocycles. The fourth-order valence-corrected chi connectivity index (χ4v) is 3.93. The van der Waals surface area contributed by atoms with Crippen LogP contribution in [0.1, 0.15) is 27.2 Å². The molecule has 4 aromatic rings. The normalized spacial score (nSPS) is 11.1. The molecule has 0 aliphatic heterocycles. The topological polar surface area (TPSA) is 113 Å². The van der Waals surface area contributed by atoms with E-state index in [0.717, 1.165) is 47.5 Å². The first-order chi connectivity index (χ1) is 16.9. The number of rotatable bonds is 9. The van der Waals surface area contributed by atoms with E-state index in [2.05, 4.69) is 56.2 Å². The van der Waals surface area contributed by atoms with E-state index in [9.17, 15) is 4.79 Å². The van der Waals surface area contributed by atoms with Gasteiger partial charge in [0, 0.05) is 69.0 Å². The molecule has 0 fully saturated rings. The number of carbonyl (C=O) groups excluding carboxylic acids is 1. The van der Waals surface area contributed by atoms with Crippen LogP contribution in [0.2, 0.25) is 0 Å². The molecule has 0 saturated carbocycles. The van der Waals surface area contributed by atoms with Crippen molar-refractivity contribution in [2.75, 3.05) is 37.8 Å². The standard InChI is InChI=1S/C26H30N8O/c1-18-5-4-6-20-15-21(16-31-26(35)23-24(27)30-12-11-29-23)25(32-22(18)20)34(3)14-13-33(2)17-19-7-9-28-10-8-19/h4-12,15H,13-14,16-17H2,1-3H3,(H2,27,30)(H,31,35). The molecular formula is C26H30N8O. The van der Waals surface area contributed by atoms with Crippen molar-refractivity contribution in [1.29, 1.82) is 0 Å². The largest absolute Gasteiger partial charge is 0.382 e. The molecule has 180 valence electrons. The van der Waals surface area contributed by atoms with E-state index in [0.29, 0.717) is 0 Å². The average molecular weight is 471 g/mol. The highest BCUT2D eigenvalue weighted by molar-refractivity contribution is 5.96. The van der Waals surface area contributed by atoms with Crippen molar-refractivity contribution in [2.24, 2.45) is 0 Å². The summed E-state index contributed by atoms with van der Waals surface area (Å²) in [6.07, 6.45) is 6.53. The van der Waals surface area contributed by atoms with E-state index < -0.39 is 0 Å². The molecule has 9 nitrogen and oxygen atoms in total. The maximum Gasteiger partial charge on any atom is 0.273 e. The highest BCUT2D eigenvalue weighted by Crippen LogP contribution is 2.25. The molecule has 3 heterocycles. The maximum absolute atomic E-state index is 12.7. The van der Waals surface area contributed by atoms with Crippen molar-refractivity contribution in [3.63, 3.8) is 0 Å². The first kappa shape index (κ1) is 24.0. The van der Waals surface area contributed by atoms with Gasteiger partial charge in [0.25, 0.3) is 5.91 Å². The van der Waals surface area contributed by atoms with E-state index in [4.69, 9.17) is 10.7 Å². The van der Waals surface area contributed by atoms with Gasteiger partial charge in [-0.2, -0.15) is 0 Å². The van der Waals surface area contributed by atoms with Gasteiger partial charge in [-0.3, -0.25) is 9.78 Å². The lowest BCUT2D eigenvalue weighted by Gasteiger charge is -2.25. The van der Waals surface area contributed by atoms with E-state index in [1.165, 1.54) is 18.0 Å². The Hall–Kier alpha value is -4.11. The number of likely N-dealkylation sites (N-methyl/N-ethyl adjacent to an activating group) is 2. The lowest BCUT2D eigenvalue weighted by atomic mass is 10.1. The number of nitrogens with one attached hydrogen (secondary N) is 1. The van der Waals surface area contributed by atoms with Gasteiger partial charge in [0.15, 0.2) is 11.5 Å². The van der Waals surface area contributed by atoms with Gasteiger partial charge in [-0.15, -0.1) is 0 Å². The minimum atomic E-state index is -0.370. The zero-order valence-corrected chi connectivity index (χ0v) is 20.3. The van der Waals surface area contributed by atoms with E-state index in [1.807, 2.05) is 43.7 Å². The number of para-hydroxylation sites is 1. The Morgan fingerprint density at radius 2 is 1.80 bits per heavy atom. The van der Waals surface area contributed by atoms with Crippen molar-refractivity contribution in [2.45, 2.75) is 20.0 Å². The van der Waals surface area contributed by atoms with Crippen LogP contribution in [0.25, 0.3) is 10.9 Å². The second-order valence-corrected chi connectivity index (χ2v) is 8.61. The number of aromatic nitrogens is 4. The van der Waals surface area contributed by atoms with Crippen LogP contribution in [0, 0.1) is 6.92 Å². The summed E-state index contributed by atoms with van der Waals surface area (Å²) in [5.41, 5.74) is 10.1. The van der Waals surface area contributed by atoms with Crippen LogP contribution in [-0.2, 0) is 13.1 Å². The van der Waals surface area contributed by atoms with Crippen LogP contribution in [-0.4, -0.2) is 57.9 Å². The number of carbonyl (C=O) groups is 1. The Labute approximate surface area is 205 Å². The fraction of sp³-hybridized carbons (Fsp3) is 0.269. The first-order valence-electron chi connectivity index (χ1n) is 11.4. The molecule has 1 aromatic carbocycles. The third kappa shape index (κ3) is 5.88. The van der Waals surface area contributed by atoms with E-state index in [1.54, 1.807) is 0 Å². The minimum Gasteiger partial charge on any atom is -0.382 e. The summed E-state index contributed by atoms with van der Waals surface area (Å²) in [7, 11) is 4.12. The summed E-state index contributed by atoms with van der Waals surface area (Å²) in [6.45, 7) is 4.79. The first-order valence-corrected chi connectivity index (χ1v) is 11.4. The van der Waals surface area contributed by atoms with Crippen LogP contribution in [0.4, 0.5) is 11.6 Å². The molecular weight excluding hydrogens is 440 g/mol. The summed E-state index contributed by atoms with van der Waals surface area (Å²) >= 11 is 0. The van der Waals surface area contributed by atoms with Crippen molar-refractivity contribution < 1.29 is 4.79 Å². The summed E-state index contributed by atoms with van der Waals surface area (Å²) in [4.78, 5) is 34.2. The molecule has 9 heteroatoms. The van der Waals surface area contributed by atoms with E-state index >= 15 is 0 Å². The molecule has 0 aliphatic rings. The molecule has 0 atom stereocenters. The molecule has 0 aliphatic carbocycles.